The van der Waals surface area contributed by atoms with Crippen molar-refractivity contribution in [2.24, 2.45) is 17.8 Å². The Bertz CT molecular complexity index is 963. The first-order valence-corrected chi connectivity index (χ1v) is 12.6. The highest BCUT2D eigenvalue weighted by Gasteiger charge is 2.32. The molecule has 4 rings (SSSR count). The van der Waals surface area contributed by atoms with Crippen molar-refractivity contribution >= 4 is 11.7 Å². The number of benzene rings is 1. The third kappa shape index (κ3) is 5.85. The van der Waals surface area contributed by atoms with Crippen LogP contribution in [-0.4, -0.2) is 18.8 Å². The Labute approximate surface area is 198 Å². The van der Waals surface area contributed by atoms with E-state index in [-0.39, 0.29) is 17.7 Å². The Morgan fingerprint density at radius 3 is 2.73 bits per heavy atom. The molecule has 176 valence electrons. The van der Waals surface area contributed by atoms with Crippen molar-refractivity contribution in [3.8, 4) is 0 Å². The number of ketones is 1. The second kappa shape index (κ2) is 11.0. The molecule has 4 nitrogen and oxygen atoms in total. The average Bonchev–Trinajstić information content (AvgIpc) is 2.96. The maximum atomic E-state index is 13.3. The highest BCUT2D eigenvalue weighted by atomic mass is 16.5. The van der Waals surface area contributed by atoms with Crippen molar-refractivity contribution in [3.05, 3.63) is 70.6 Å². The van der Waals surface area contributed by atoms with Crippen LogP contribution in [0.15, 0.2) is 54.0 Å². The summed E-state index contributed by atoms with van der Waals surface area (Å²) in [6.45, 7) is 2.12. The van der Waals surface area contributed by atoms with Crippen molar-refractivity contribution < 1.29 is 14.3 Å². The van der Waals surface area contributed by atoms with E-state index in [2.05, 4.69) is 30.5 Å². The summed E-state index contributed by atoms with van der Waals surface area (Å²) in [7, 11) is 1.66. The molecular weight excluding hydrogens is 410 g/mol. The molecule has 0 saturated heterocycles. The first-order chi connectivity index (χ1) is 16.0. The molecule has 1 fully saturated rings. The first kappa shape index (κ1) is 23.5. The van der Waals surface area contributed by atoms with Gasteiger partial charge in [0.2, 0.25) is 5.91 Å². The van der Waals surface area contributed by atoms with E-state index in [1.54, 1.807) is 7.11 Å². The van der Waals surface area contributed by atoms with Crippen LogP contribution >= 0.6 is 0 Å². The monoisotopic (exact) mass is 447 g/mol. The minimum Gasteiger partial charge on any atom is -0.497 e. The van der Waals surface area contributed by atoms with Crippen LogP contribution in [0.1, 0.15) is 79.3 Å². The number of amides is 1. The maximum absolute atomic E-state index is 13.3. The number of nitrogens with one attached hydrogen (secondary N) is 1. The molecule has 33 heavy (non-hydrogen) atoms. The molecule has 1 aromatic rings. The molecule has 3 aliphatic rings. The van der Waals surface area contributed by atoms with E-state index in [4.69, 9.17) is 4.74 Å². The van der Waals surface area contributed by atoms with Gasteiger partial charge in [-0.2, -0.15) is 0 Å². The van der Waals surface area contributed by atoms with Crippen molar-refractivity contribution in [2.75, 3.05) is 7.11 Å². The van der Waals surface area contributed by atoms with Gasteiger partial charge in [0.15, 0.2) is 5.78 Å². The number of Topliss-reactive ketones (excluding diaryl/α,β-unsaturated/α-hetero) is 1. The molecular formula is C29H37NO3. The van der Waals surface area contributed by atoms with E-state index in [1.807, 2.05) is 24.3 Å². The molecule has 0 spiro atoms. The van der Waals surface area contributed by atoms with Gasteiger partial charge >= 0.3 is 0 Å². The van der Waals surface area contributed by atoms with Crippen LogP contribution in [0.4, 0.5) is 0 Å². The van der Waals surface area contributed by atoms with Gasteiger partial charge in [0.05, 0.1) is 7.11 Å². The van der Waals surface area contributed by atoms with Gasteiger partial charge in [-0.1, -0.05) is 24.3 Å². The molecule has 1 saturated carbocycles. The number of allylic oxidation sites excluding steroid dienone is 4. The Morgan fingerprint density at radius 2 is 1.94 bits per heavy atom. The van der Waals surface area contributed by atoms with Crippen LogP contribution in [0.2, 0.25) is 0 Å². The summed E-state index contributed by atoms with van der Waals surface area (Å²) in [4.78, 5) is 26.2. The summed E-state index contributed by atoms with van der Waals surface area (Å²) in [5.41, 5.74) is 4.26. The molecule has 0 radical (unpaired) electrons. The van der Waals surface area contributed by atoms with Crippen LogP contribution in [0.3, 0.4) is 0 Å². The third-order valence-corrected chi connectivity index (χ3v) is 7.64. The summed E-state index contributed by atoms with van der Waals surface area (Å²) in [5.74, 6) is 1.96. The largest absolute Gasteiger partial charge is 0.497 e. The van der Waals surface area contributed by atoms with Crippen LogP contribution in [0.5, 0.6) is 0 Å². The number of hydrogen-bond donors (Lipinski definition) is 1. The van der Waals surface area contributed by atoms with Crippen LogP contribution in [0, 0.1) is 24.7 Å². The zero-order chi connectivity index (χ0) is 23.2. The van der Waals surface area contributed by atoms with Gasteiger partial charge in [0.1, 0.15) is 5.76 Å². The van der Waals surface area contributed by atoms with Crippen molar-refractivity contribution in [2.45, 2.75) is 71.1 Å². The van der Waals surface area contributed by atoms with Gasteiger partial charge in [0, 0.05) is 29.2 Å². The smallest absolute Gasteiger partial charge is 0.227 e. The number of ether oxygens (including phenoxy) is 1. The number of fused-ring (bicyclic) bond motifs is 1. The van der Waals surface area contributed by atoms with Gasteiger partial charge in [-0.15, -0.1) is 0 Å². The molecule has 3 aliphatic carbocycles. The van der Waals surface area contributed by atoms with Crippen LogP contribution < -0.4 is 5.32 Å². The SMILES string of the molecule is COC1=C/CC\C=C/C(NC(=O)C2CCC(CC3CCCc4c(C)cccc4C3=O)CC2)=C\1. The van der Waals surface area contributed by atoms with Crippen molar-refractivity contribution in [1.29, 1.82) is 0 Å². The topological polar surface area (TPSA) is 55.4 Å². The zero-order valence-corrected chi connectivity index (χ0v) is 20.1. The van der Waals surface area contributed by atoms with Crippen LogP contribution in [-0.2, 0) is 16.0 Å². The summed E-state index contributed by atoms with van der Waals surface area (Å²) < 4.78 is 5.39. The second-order valence-corrected chi connectivity index (χ2v) is 9.89. The average molecular weight is 448 g/mol. The zero-order valence-electron chi connectivity index (χ0n) is 20.1. The molecule has 0 bridgehead atoms. The minimum absolute atomic E-state index is 0.0455. The normalized spacial score (nSPS) is 29.8. The van der Waals surface area contributed by atoms with E-state index in [1.165, 1.54) is 11.1 Å². The molecule has 1 atom stereocenters. The van der Waals surface area contributed by atoms with Gasteiger partial charge in [0.25, 0.3) is 0 Å². The number of carbonyl (C=O) groups is 2. The summed E-state index contributed by atoms with van der Waals surface area (Å²) in [5, 5.41) is 3.11. The molecule has 0 aliphatic heterocycles. The highest BCUT2D eigenvalue weighted by Crippen LogP contribution is 2.37. The first-order valence-electron chi connectivity index (χ1n) is 12.6. The summed E-state index contributed by atoms with van der Waals surface area (Å²) >= 11 is 0. The van der Waals surface area contributed by atoms with Gasteiger partial charge < -0.3 is 10.1 Å². The lowest BCUT2D eigenvalue weighted by atomic mass is 9.76. The predicted octanol–water partition coefficient (Wildman–Crippen LogP) is 6.21. The van der Waals surface area contributed by atoms with E-state index < -0.39 is 0 Å². The lowest BCUT2D eigenvalue weighted by Crippen LogP contribution is -2.33. The molecule has 0 aromatic heterocycles. The number of carbonyl (C=O) groups excluding carboxylic acids is 2. The summed E-state index contributed by atoms with van der Waals surface area (Å²) in [6, 6.07) is 6.16. The molecule has 1 N–H and O–H groups in total. The number of rotatable bonds is 5. The fraction of sp³-hybridized carbons (Fsp3) is 0.517. The van der Waals surface area contributed by atoms with Crippen LogP contribution in [0.25, 0.3) is 0 Å². The van der Waals surface area contributed by atoms with E-state index in [0.717, 1.165) is 81.2 Å². The van der Waals surface area contributed by atoms with Crippen molar-refractivity contribution in [3.63, 3.8) is 0 Å². The van der Waals surface area contributed by atoms with Gasteiger partial charge in [-0.25, -0.2) is 0 Å². The Kier molecular flexibility index (Phi) is 7.85. The fourth-order valence-electron chi connectivity index (χ4n) is 5.69. The summed E-state index contributed by atoms with van der Waals surface area (Å²) in [6.07, 6.45) is 17.8. The molecule has 4 heteroatoms. The van der Waals surface area contributed by atoms with Crippen molar-refractivity contribution in [1.82, 2.24) is 5.32 Å². The quantitative estimate of drug-likeness (QED) is 0.546. The van der Waals surface area contributed by atoms with E-state index in [9.17, 15) is 9.59 Å². The van der Waals surface area contributed by atoms with Gasteiger partial charge in [-0.05, 0) is 100 Å². The molecule has 1 unspecified atom stereocenters. The Balaban J connectivity index is 1.32. The maximum Gasteiger partial charge on any atom is 0.227 e. The Hall–Kier alpha value is -2.62. The second-order valence-electron chi connectivity index (χ2n) is 9.89. The number of methoxy groups -OCH3 is 1. The standard InChI is InChI=1S/C29H37NO3/c1-20-8-6-13-27-26(20)12-7-9-23(28(27)31)18-21-14-16-22(17-15-21)29(32)30-24-10-4-3-5-11-25(19-24)33-2/h4,6,8,10-11,13,19,21-23H,3,5,7,9,12,14-18H2,1-2H3,(H,30,32)/b10-4-,24-19+,25-11+. The third-order valence-electron chi connectivity index (χ3n) is 7.64. The Morgan fingerprint density at radius 1 is 1.12 bits per heavy atom. The lowest BCUT2D eigenvalue weighted by molar-refractivity contribution is -0.125. The highest BCUT2D eigenvalue weighted by molar-refractivity contribution is 5.99. The predicted molar refractivity (Wildman–Crippen MR) is 132 cm³/mol. The van der Waals surface area contributed by atoms with E-state index >= 15 is 0 Å². The van der Waals surface area contributed by atoms with Gasteiger partial charge in [-0.3, -0.25) is 9.59 Å². The number of aryl methyl sites for hydroxylation is 1. The lowest BCUT2D eigenvalue weighted by Gasteiger charge is -2.30. The molecule has 1 aromatic carbocycles. The fourth-order valence-corrected chi connectivity index (χ4v) is 5.69. The van der Waals surface area contributed by atoms with E-state index in [0.29, 0.717) is 11.7 Å². The molecule has 1 amide bonds. The molecule has 0 heterocycles. The number of hydrogen-bond acceptors (Lipinski definition) is 3. The minimum atomic E-state index is 0.0455.